The first-order chi connectivity index (χ1) is 16.6. The molecule has 0 atom stereocenters. The van der Waals surface area contributed by atoms with Crippen molar-refractivity contribution < 1.29 is 64.1 Å². The number of hydrogen-bond acceptors (Lipinski definition) is 14. The summed E-state index contributed by atoms with van der Waals surface area (Å²) >= 11 is 0. The van der Waals surface area contributed by atoms with E-state index in [0.717, 1.165) is 64.8 Å². The molecule has 2 aromatic carbocycles. The van der Waals surface area contributed by atoms with Crippen LogP contribution in [-0.2, 0) is 39.2 Å². The van der Waals surface area contributed by atoms with E-state index in [-0.39, 0.29) is 48.9 Å². The molecular formula is C20H18CaO14S2. The molecular weight excluding hydrogens is 568 g/mol. The van der Waals surface area contributed by atoms with Gasteiger partial charge in [0, 0.05) is 0 Å². The molecule has 0 aliphatic carbocycles. The summed E-state index contributed by atoms with van der Waals surface area (Å²) in [6, 6.07) is 5.91. The van der Waals surface area contributed by atoms with Gasteiger partial charge in [0.2, 0.25) is 0 Å². The van der Waals surface area contributed by atoms with Crippen LogP contribution < -0.4 is 0 Å². The topological polar surface area (TPSA) is 220 Å². The molecule has 0 spiro atoms. The predicted octanol–water partition coefficient (Wildman–Crippen LogP) is -0.0530. The van der Waals surface area contributed by atoms with Crippen LogP contribution in [0.2, 0.25) is 0 Å². The van der Waals surface area contributed by atoms with Crippen LogP contribution in [0.5, 0.6) is 0 Å². The van der Waals surface area contributed by atoms with Gasteiger partial charge in [-0.3, -0.25) is 0 Å². The maximum atomic E-state index is 11.3. The first-order valence-electron chi connectivity index (χ1n) is 9.15. The van der Waals surface area contributed by atoms with E-state index in [9.17, 15) is 45.1 Å². The van der Waals surface area contributed by atoms with E-state index in [2.05, 4.69) is 18.9 Å². The van der Waals surface area contributed by atoms with Crippen molar-refractivity contribution in [1.82, 2.24) is 0 Å². The Morgan fingerprint density at radius 3 is 1.05 bits per heavy atom. The summed E-state index contributed by atoms with van der Waals surface area (Å²) in [5, 5.41) is 0. The van der Waals surface area contributed by atoms with Gasteiger partial charge in [-0.05, 0) is 36.4 Å². The van der Waals surface area contributed by atoms with Crippen LogP contribution in [0.25, 0.3) is 0 Å². The molecule has 2 aromatic rings. The summed E-state index contributed by atoms with van der Waals surface area (Å²) in [6.07, 6.45) is 0. The third kappa shape index (κ3) is 9.33. The minimum Gasteiger partial charge on any atom is -0.744 e. The molecule has 196 valence electrons. The van der Waals surface area contributed by atoms with Gasteiger partial charge in [0.15, 0.2) is 0 Å². The summed E-state index contributed by atoms with van der Waals surface area (Å²) in [4.78, 5) is 43.4. The average Bonchev–Trinajstić information content (AvgIpc) is 2.85. The fourth-order valence-corrected chi connectivity index (χ4v) is 3.89. The normalized spacial score (nSPS) is 10.5. The molecule has 0 unspecified atom stereocenters. The third-order valence-electron chi connectivity index (χ3n) is 4.15. The molecule has 0 radical (unpaired) electrons. The van der Waals surface area contributed by atoms with E-state index in [1.807, 2.05) is 0 Å². The van der Waals surface area contributed by atoms with E-state index in [1.54, 1.807) is 0 Å². The van der Waals surface area contributed by atoms with Crippen LogP contribution in [0.4, 0.5) is 0 Å². The zero-order chi connectivity index (χ0) is 27.8. The van der Waals surface area contributed by atoms with Gasteiger partial charge in [0.1, 0.15) is 20.2 Å². The largest absolute Gasteiger partial charge is 2.00 e. The minimum atomic E-state index is -4.91. The Kier molecular flexibility index (Phi) is 13.4. The molecule has 0 amide bonds. The number of hydrogen-bond donors (Lipinski definition) is 0. The zero-order valence-corrected chi connectivity index (χ0v) is 23.5. The smallest absolute Gasteiger partial charge is 0.744 e. The molecule has 0 saturated heterocycles. The van der Waals surface area contributed by atoms with Crippen LogP contribution in [0.1, 0.15) is 41.4 Å². The summed E-state index contributed by atoms with van der Waals surface area (Å²) < 4.78 is 83.6. The minimum absolute atomic E-state index is 0. The quantitative estimate of drug-likeness (QED) is 0.187. The zero-order valence-electron chi connectivity index (χ0n) is 19.7. The molecule has 0 aromatic heterocycles. The summed E-state index contributed by atoms with van der Waals surface area (Å²) in [5.74, 6) is -3.62. The molecule has 0 fully saturated rings. The molecule has 0 saturated carbocycles. The van der Waals surface area contributed by atoms with Gasteiger partial charge in [-0.25, -0.2) is 36.0 Å². The molecule has 0 heterocycles. The number of carbonyl (C=O) groups is 4. The monoisotopic (exact) mass is 586 g/mol. The number of benzene rings is 2. The average molecular weight is 587 g/mol. The van der Waals surface area contributed by atoms with E-state index < -0.39 is 65.0 Å². The number of rotatable bonds is 6. The van der Waals surface area contributed by atoms with E-state index in [0.29, 0.717) is 0 Å². The van der Waals surface area contributed by atoms with Crippen molar-refractivity contribution >= 4 is 81.9 Å². The second-order valence-electron chi connectivity index (χ2n) is 6.30. The SMILES string of the molecule is COC(=O)c1ccc(C(=O)OC)c(S(=O)(=O)[O-])c1.COC(=O)c1ccc(C(=O)OC)c(S(=O)(=O)[O-])c1.[Ca+2]. The summed E-state index contributed by atoms with van der Waals surface area (Å²) in [5.41, 5.74) is -1.17. The second kappa shape index (κ2) is 14.4. The Hall–Kier alpha value is -2.60. The Balaban J connectivity index is 0.000000682. The first-order valence-corrected chi connectivity index (χ1v) is 12.0. The Labute approximate surface area is 241 Å². The van der Waals surface area contributed by atoms with Crippen molar-refractivity contribution in [3.05, 3.63) is 58.7 Å². The van der Waals surface area contributed by atoms with Crippen molar-refractivity contribution in [2.75, 3.05) is 28.4 Å². The number of esters is 4. The fourth-order valence-electron chi connectivity index (χ4n) is 2.51. The fraction of sp³-hybridized carbons (Fsp3) is 0.200. The van der Waals surface area contributed by atoms with Crippen molar-refractivity contribution in [1.29, 1.82) is 0 Å². The van der Waals surface area contributed by atoms with Gasteiger partial charge >= 0.3 is 61.6 Å². The van der Waals surface area contributed by atoms with Crippen LogP contribution >= 0.6 is 0 Å². The van der Waals surface area contributed by atoms with Crippen LogP contribution in [0.15, 0.2) is 46.2 Å². The van der Waals surface area contributed by atoms with Gasteiger partial charge in [-0.1, -0.05) is 0 Å². The van der Waals surface area contributed by atoms with Crippen molar-refractivity contribution in [2.45, 2.75) is 9.79 Å². The van der Waals surface area contributed by atoms with Gasteiger partial charge < -0.3 is 28.1 Å². The molecule has 0 bridgehead atoms. The number of methoxy groups -OCH3 is 4. The summed E-state index contributed by atoms with van der Waals surface area (Å²) in [7, 11) is -5.55. The number of ether oxygens (including phenoxy) is 4. The molecule has 37 heavy (non-hydrogen) atoms. The van der Waals surface area contributed by atoms with E-state index in [4.69, 9.17) is 0 Å². The molecule has 2 rings (SSSR count). The maximum absolute atomic E-state index is 11.3. The standard InChI is InChI=1S/2C10H10O7S.Ca/c2*1-16-9(11)6-3-4-7(10(12)17-2)8(5-6)18(13,14)15;/h2*3-5H,1-2H3,(H,13,14,15);/q;;+2/p-2. The molecule has 14 nitrogen and oxygen atoms in total. The molecule has 0 aliphatic rings. The van der Waals surface area contributed by atoms with Crippen molar-refractivity contribution in [3.63, 3.8) is 0 Å². The van der Waals surface area contributed by atoms with Crippen LogP contribution in [0, 0.1) is 0 Å². The van der Waals surface area contributed by atoms with Crippen molar-refractivity contribution in [2.24, 2.45) is 0 Å². The summed E-state index contributed by atoms with van der Waals surface area (Å²) in [6.45, 7) is 0. The Morgan fingerprint density at radius 2 is 0.838 bits per heavy atom. The van der Waals surface area contributed by atoms with Crippen LogP contribution in [-0.4, -0.2) is 116 Å². The molecule has 17 heteroatoms. The van der Waals surface area contributed by atoms with Gasteiger partial charge in [0.25, 0.3) is 0 Å². The van der Waals surface area contributed by atoms with Crippen molar-refractivity contribution in [3.8, 4) is 0 Å². The van der Waals surface area contributed by atoms with E-state index >= 15 is 0 Å². The molecule has 0 aliphatic heterocycles. The Morgan fingerprint density at radius 1 is 0.568 bits per heavy atom. The van der Waals surface area contributed by atoms with Gasteiger partial charge in [-0.2, -0.15) is 0 Å². The van der Waals surface area contributed by atoms with Gasteiger partial charge in [0.05, 0.1) is 60.5 Å². The second-order valence-corrected chi connectivity index (χ2v) is 8.99. The van der Waals surface area contributed by atoms with Crippen LogP contribution in [0.3, 0.4) is 0 Å². The Bertz CT molecular complexity index is 1290. The van der Waals surface area contributed by atoms with Gasteiger partial charge in [-0.15, -0.1) is 0 Å². The first kappa shape index (κ1) is 34.4. The maximum Gasteiger partial charge on any atom is 2.00 e. The number of carbonyl (C=O) groups excluding carboxylic acids is 4. The van der Waals surface area contributed by atoms with E-state index in [1.165, 1.54) is 0 Å². The third-order valence-corrected chi connectivity index (χ3v) is 5.91. The predicted molar refractivity (Wildman–Crippen MR) is 120 cm³/mol. The molecule has 0 N–H and O–H groups in total.